The molecule has 4 nitrogen and oxygen atoms in total. The molecular weight excluding hydrogens is 226 g/mol. The van der Waals surface area contributed by atoms with Crippen LogP contribution >= 0.6 is 0 Å². The lowest BCUT2D eigenvalue weighted by Gasteiger charge is -2.38. The highest BCUT2D eigenvalue weighted by Gasteiger charge is 2.33. The van der Waals surface area contributed by atoms with Crippen LogP contribution in [0.4, 0.5) is 0 Å². The fraction of sp³-hybridized carbons (Fsp3) is 0.929. The standard InChI is InChI=1S/C14H27N3O/c1-12(2)8-17-7-6-16(9-13(17)18)11-14(3)4-5-15-10-14/h12,15H,4-11H2,1-3H3. The summed E-state index contributed by atoms with van der Waals surface area (Å²) in [7, 11) is 0. The summed E-state index contributed by atoms with van der Waals surface area (Å²) in [6.07, 6.45) is 1.23. The molecule has 0 saturated carbocycles. The molecule has 1 atom stereocenters. The van der Waals surface area contributed by atoms with Crippen molar-refractivity contribution in [1.82, 2.24) is 15.1 Å². The molecular formula is C14H27N3O. The first-order valence-corrected chi connectivity index (χ1v) is 7.19. The van der Waals surface area contributed by atoms with Crippen LogP contribution < -0.4 is 5.32 Å². The van der Waals surface area contributed by atoms with Crippen molar-refractivity contribution in [3.05, 3.63) is 0 Å². The maximum absolute atomic E-state index is 12.1. The lowest BCUT2D eigenvalue weighted by atomic mass is 9.89. The van der Waals surface area contributed by atoms with E-state index in [4.69, 9.17) is 0 Å². The van der Waals surface area contributed by atoms with Crippen molar-refractivity contribution in [2.45, 2.75) is 27.2 Å². The van der Waals surface area contributed by atoms with Crippen molar-refractivity contribution >= 4 is 5.91 Å². The molecule has 0 aromatic rings. The fourth-order valence-electron chi connectivity index (χ4n) is 3.07. The Hall–Kier alpha value is -0.610. The number of amides is 1. The van der Waals surface area contributed by atoms with E-state index >= 15 is 0 Å². The summed E-state index contributed by atoms with van der Waals surface area (Å²) in [6.45, 7) is 13.4. The van der Waals surface area contributed by atoms with E-state index in [2.05, 4.69) is 31.0 Å². The minimum atomic E-state index is 0.310. The van der Waals surface area contributed by atoms with Gasteiger partial charge in [0.2, 0.25) is 5.91 Å². The topological polar surface area (TPSA) is 35.6 Å². The summed E-state index contributed by atoms with van der Waals surface area (Å²) in [5.41, 5.74) is 0.362. The number of nitrogens with one attached hydrogen (secondary N) is 1. The Morgan fingerprint density at radius 3 is 2.72 bits per heavy atom. The molecule has 1 amide bonds. The van der Waals surface area contributed by atoms with Gasteiger partial charge in [0.1, 0.15) is 0 Å². The zero-order valence-corrected chi connectivity index (χ0v) is 12.0. The van der Waals surface area contributed by atoms with Crippen molar-refractivity contribution in [3.8, 4) is 0 Å². The molecule has 0 spiro atoms. The highest BCUT2D eigenvalue weighted by atomic mass is 16.2. The van der Waals surface area contributed by atoms with Crippen molar-refractivity contribution < 1.29 is 4.79 Å². The summed E-state index contributed by atoms with van der Waals surface area (Å²) in [4.78, 5) is 16.5. The van der Waals surface area contributed by atoms with Gasteiger partial charge in [0, 0.05) is 32.7 Å². The van der Waals surface area contributed by atoms with Crippen LogP contribution in [0, 0.1) is 11.3 Å². The minimum Gasteiger partial charge on any atom is -0.340 e. The molecule has 1 N–H and O–H groups in total. The largest absolute Gasteiger partial charge is 0.340 e. The summed E-state index contributed by atoms with van der Waals surface area (Å²) >= 11 is 0. The van der Waals surface area contributed by atoms with E-state index in [1.165, 1.54) is 6.42 Å². The molecule has 2 fully saturated rings. The number of hydrogen-bond donors (Lipinski definition) is 1. The number of piperazine rings is 1. The van der Waals surface area contributed by atoms with E-state index in [1.807, 2.05) is 4.90 Å². The van der Waals surface area contributed by atoms with Gasteiger partial charge in [0.25, 0.3) is 0 Å². The van der Waals surface area contributed by atoms with Gasteiger partial charge in [-0.1, -0.05) is 20.8 Å². The molecule has 4 heteroatoms. The molecule has 1 unspecified atom stereocenters. The number of carbonyl (C=O) groups excluding carboxylic acids is 1. The third-order valence-corrected chi connectivity index (χ3v) is 4.05. The van der Waals surface area contributed by atoms with Crippen molar-refractivity contribution in [2.24, 2.45) is 11.3 Å². The molecule has 0 bridgehead atoms. The maximum atomic E-state index is 12.1. The Labute approximate surface area is 111 Å². The first-order valence-electron chi connectivity index (χ1n) is 7.19. The lowest BCUT2D eigenvalue weighted by Crippen LogP contribution is -2.53. The zero-order chi connectivity index (χ0) is 13.2. The van der Waals surface area contributed by atoms with E-state index in [1.54, 1.807) is 0 Å². The van der Waals surface area contributed by atoms with Gasteiger partial charge in [-0.25, -0.2) is 0 Å². The molecule has 2 saturated heterocycles. The number of hydrogen-bond acceptors (Lipinski definition) is 3. The van der Waals surface area contributed by atoms with E-state index in [-0.39, 0.29) is 0 Å². The Morgan fingerprint density at radius 1 is 1.39 bits per heavy atom. The summed E-state index contributed by atoms with van der Waals surface area (Å²) < 4.78 is 0. The van der Waals surface area contributed by atoms with Crippen molar-refractivity contribution in [2.75, 3.05) is 45.8 Å². The Balaban J connectivity index is 1.82. The average molecular weight is 253 g/mol. The third-order valence-electron chi connectivity index (χ3n) is 4.05. The highest BCUT2D eigenvalue weighted by molar-refractivity contribution is 5.79. The quantitative estimate of drug-likeness (QED) is 0.804. The van der Waals surface area contributed by atoms with Gasteiger partial charge in [0.15, 0.2) is 0 Å². The van der Waals surface area contributed by atoms with Crippen LogP contribution in [-0.4, -0.2) is 61.5 Å². The summed E-state index contributed by atoms with van der Waals surface area (Å²) in [6, 6.07) is 0. The van der Waals surface area contributed by atoms with Crippen LogP contribution in [-0.2, 0) is 4.79 Å². The predicted octanol–water partition coefficient (Wildman–Crippen LogP) is 0.786. The van der Waals surface area contributed by atoms with Crippen molar-refractivity contribution in [3.63, 3.8) is 0 Å². The van der Waals surface area contributed by atoms with Gasteiger partial charge in [-0.15, -0.1) is 0 Å². The van der Waals surface area contributed by atoms with Crippen LogP contribution in [0.15, 0.2) is 0 Å². The van der Waals surface area contributed by atoms with Crippen LogP contribution in [0.5, 0.6) is 0 Å². The van der Waals surface area contributed by atoms with Gasteiger partial charge < -0.3 is 10.2 Å². The lowest BCUT2D eigenvalue weighted by molar-refractivity contribution is -0.137. The number of rotatable bonds is 4. The highest BCUT2D eigenvalue weighted by Crippen LogP contribution is 2.26. The average Bonchev–Trinajstić information content (AvgIpc) is 2.68. The van der Waals surface area contributed by atoms with E-state index in [9.17, 15) is 4.79 Å². The fourth-order valence-corrected chi connectivity index (χ4v) is 3.07. The number of nitrogens with zero attached hydrogens (tertiary/aromatic N) is 2. The minimum absolute atomic E-state index is 0.310. The first kappa shape index (κ1) is 13.8. The molecule has 104 valence electrons. The van der Waals surface area contributed by atoms with Gasteiger partial charge in [0.05, 0.1) is 6.54 Å². The Bertz CT molecular complexity index is 297. The number of carbonyl (C=O) groups is 1. The third kappa shape index (κ3) is 3.45. The molecule has 0 aromatic heterocycles. The summed E-state index contributed by atoms with van der Waals surface area (Å²) in [5.74, 6) is 0.876. The van der Waals surface area contributed by atoms with Gasteiger partial charge in [-0.05, 0) is 24.3 Å². The van der Waals surface area contributed by atoms with Crippen LogP contribution in [0.1, 0.15) is 27.2 Å². The molecule has 0 aromatic carbocycles. The summed E-state index contributed by atoms with van der Waals surface area (Å²) in [5, 5.41) is 3.43. The van der Waals surface area contributed by atoms with Crippen LogP contribution in [0.2, 0.25) is 0 Å². The Kier molecular flexibility index (Phi) is 4.28. The van der Waals surface area contributed by atoms with Gasteiger partial charge >= 0.3 is 0 Å². The first-order chi connectivity index (χ1) is 8.48. The monoisotopic (exact) mass is 253 g/mol. The van der Waals surface area contributed by atoms with Gasteiger partial charge in [-0.2, -0.15) is 0 Å². The van der Waals surface area contributed by atoms with Gasteiger partial charge in [-0.3, -0.25) is 9.69 Å². The smallest absolute Gasteiger partial charge is 0.236 e. The second kappa shape index (κ2) is 5.57. The van der Waals surface area contributed by atoms with Crippen LogP contribution in [0.25, 0.3) is 0 Å². The zero-order valence-electron chi connectivity index (χ0n) is 12.0. The second-order valence-corrected chi connectivity index (χ2v) is 6.68. The molecule has 2 aliphatic heterocycles. The molecule has 18 heavy (non-hydrogen) atoms. The maximum Gasteiger partial charge on any atom is 0.236 e. The van der Waals surface area contributed by atoms with E-state index < -0.39 is 0 Å². The predicted molar refractivity (Wildman–Crippen MR) is 73.5 cm³/mol. The molecule has 2 heterocycles. The SMILES string of the molecule is CC(C)CN1CCN(CC2(C)CCNC2)CC1=O. The normalized spacial score (nSPS) is 30.4. The van der Waals surface area contributed by atoms with Crippen molar-refractivity contribution in [1.29, 1.82) is 0 Å². The molecule has 0 aliphatic carbocycles. The van der Waals surface area contributed by atoms with E-state index in [0.717, 1.165) is 39.3 Å². The molecule has 2 aliphatic rings. The Morgan fingerprint density at radius 2 is 2.17 bits per heavy atom. The second-order valence-electron chi connectivity index (χ2n) is 6.68. The molecule has 0 radical (unpaired) electrons. The molecule has 2 rings (SSSR count). The van der Waals surface area contributed by atoms with E-state index in [0.29, 0.717) is 23.8 Å². The van der Waals surface area contributed by atoms with Crippen LogP contribution in [0.3, 0.4) is 0 Å².